The largest absolute Gasteiger partial charge is 0.370 e. The van der Waals surface area contributed by atoms with Gasteiger partial charge in [-0.1, -0.05) is 6.92 Å². The van der Waals surface area contributed by atoms with Crippen LogP contribution in [-0.2, 0) is 9.84 Å². The number of aliphatic imine (C=N–C) groups is 1. The van der Waals surface area contributed by atoms with Crippen molar-refractivity contribution in [3.8, 4) is 0 Å². The lowest BCUT2D eigenvalue weighted by Crippen LogP contribution is -2.56. The average Bonchev–Trinajstić information content (AvgIpc) is 2.68. The van der Waals surface area contributed by atoms with Crippen molar-refractivity contribution in [1.82, 2.24) is 4.90 Å². The number of rotatable bonds is 2. The summed E-state index contributed by atoms with van der Waals surface area (Å²) in [7, 11) is -2.91. The Morgan fingerprint density at radius 1 is 1.62 bits per heavy atom. The molecule has 6 heteroatoms. The topological polar surface area (TPSA) is 75.8 Å². The Kier molecular flexibility index (Phi) is 2.64. The molecule has 0 radical (unpaired) electrons. The fourth-order valence-corrected chi connectivity index (χ4v) is 4.74. The Bertz CT molecular complexity index is 418. The molecule has 0 aromatic carbocycles. The molecular weight excluding hydrogens is 226 g/mol. The van der Waals surface area contributed by atoms with Crippen LogP contribution in [0.1, 0.15) is 26.7 Å². The highest BCUT2D eigenvalue weighted by Gasteiger charge is 2.51. The Morgan fingerprint density at radius 2 is 2.31 bits per heavy atom. The van der Waals surface area contributed by atoms with Crippen molar-refractivity contribution >= 4 is 15.8 Å². The molecule has 2 aliphatic heterocycles. The molecule has 2 aliphatic rings. The summed E-state index contributed by atoms with van der Waals surface area (Å²) in [4.78, 5) is 6.27. The van der Waals surface area contributed by atoms with Crippen LogP contribution < -0.4 is 5.73 Å². The van der Waals surface area contributed by atoms with Gasteiger partial charge < -0.3 is 10.6 Å². The molecule has 1 saturated heterocycles. The second kappa shape index (κ2) is 3.61. The molecule has 2 atom stereocenters. The standard InChI is InChI=1S/C10H19N3O2S/c1-3-8(2)13-9(11)12-6-10(13)4-5-16(14,15)7-10/h8H,3-7H2,1-2H3,(H2,11,12). The van der Waals surface area contributed by atoms with E-state index >= 15 is 0 Å². The predicted molar refractivity (Wildman–Crippen MR) is 64.1 cm³/mol. The first-order valence-electron chi connectivity index (χ1n) is 5.70. The van der Waals surface area contributed by atoms with Gasteiger partial charge in [-0.2, -0.15) is 0 Å². The summed E-state index contributed by atoms with van der Waals surface area (Å²) >= 11 is 0. The Morgan fingerprint density at radius 3 is 2.81 bits per heavy atom. The normalized spacial score (nSPS) is 34.4. The molecule has 16 heavy (non-hydrogen) atoms. The first-order valence-corrected chi connectivity index (χ1v) is 7.52. The molecule has 92 valence electrons. The van der Waals surface area contributed by atoms with E-state index in [9.17, 15) is 8.42 Å². The van der Waals surface area contributed by atoms with Gasteiger partial charge in [0.15, 0.2) is 15.8 Å². The van der Waals surface area contributed by atoms with Gasteiger partial charge in [0.1, 0.15) is 0 Å². The van der Waals surface area contributed by atoms with Crippen LogP contribution in [0.25, 0.3) is 0 Å². The first kappa shape index (κ1) is 11.7. The number of sulfone groups is 1. The fourth-order valence-electron chi connectivity index (χ4n) is 2.71. The second-order valence-corrected chi connectivity index (χ2v) is 7.05. The van der Waals surface area contributed by atoms with Crippen molar-refractivity contribution in [3.05, 3.63) is 0 Å². The zero-order chi connectivity index (χ0) is 12.0. The average molecular weight is 245 g/mol. The van der Waals surface area contributed by atoms with E-state index in [1.807, 2.05) is 4.90 Å². The predicted octanol–water partition coefficient (Wildman–Crippen LogP) is -0.0275. The molecule has 0 aromatic rings. The lowest BCUT2D eigenvalue weighted by atomic mass is 9.96. The van der Waals surface area contributed by atoms with Crippen molar-refractivity contribution in [3.63, 3.8) is 0 Å². The van der Waals surface area contributed by atoms with Crippen LogP contribution in [0.5, 0.6) is 0 Å². The molecule has 0 aliphatic carbocycles. The van der Waals surface area contributed by atoms with E-state index in [4.69, 9.17) is 5.73 Å². The van der Waals surface area contributed by atoms with Crippen molar-refractivity contribution in [2.75, 3.05) is 18.1 Å². The van der Waals surface area contributed by atoms with Gasteiger partial charge >= 0.3 is 0 Å². The van der Waals surface area contributed by atoms with Crippen molar-refractivity contribution in [1.29, 1.82) is 0 Å². The number of guanidine groups is 1. The van der Waals surface area contributed by atoms with Crippen LogP contribution >= 0.6 is 0 Å². The van der Waals surface area contributed by atoms with Gasteiger partial charge in [0.2, 0.25) is 0 Å². The highest BCUT2D eigenvalue weighted by molar-refractivity contribution is 7.91. The molecule has 1 fully saturated rings. The number of nitrogens with two attached hydrogens (primary N) is 1. The van der Waals surface area contributed by atoms with E-state index in [0.717, 1.165) is 6.42 Å². The molecule has 0 amide bonds. The highest BCUT2D eigenvalue weighted by atomic mass is 32.2. The fraction of sp³-hybridized carbons (Fsp3) is 0.900. The van der Waals surface area contributed by atoms with Crippen LogP contribution in [-0.4, -0.2) is 48.9 Å². The number of hydrogen-bond acceptors (Lipinski definition) is 5. The molecule has 2 N–H and O–H groups in total. The van der Waals surface area contributed by atoms with Crippen LogP contribution in [0, 0.1) is 0 Å². The molecule has 5 nitrogen and oxygen atoms in total. The van der Waals surface area contributed by atoms with E-state index in [2.05, 4.69) is 18.8 Å². The maximum absolute atomic E-state index is 11.6. The van der Waals surface area contributed by atoms with Crippen molar-refractivity contribution in [2.24, 2.45) is 10.7 Å². The van der Waals surface area contributed by atoms with Gasteiger partial charge in [-0.05, 0) is 19.8 Å². The molecule has 0 saturated carbocycles. The molecule has 2 heterocycles. The Hall–Kier alpha value is -0.780. The van der Waals surface area contributed by atoms with E-state index in [-0.39, 0.29) is 23.1 Å². The maximum Gasteiger partial charge on any atom is 0.192 e. The van der Waals surface area contributed by atoms with Crippen LogP contribution in [0.4, 0.5) is 0 Å². The third-order valence-corrected chi connectivity index (χ3v) is 5.50. The Labute approximate surface area is 96.6 Å². The van der Waals surface area contributed by atoms with Gasteiger partial charge in [0.05, 0.1) is 23.6 Å². The monoisotopic (exact) mass is 245 g/mol. The molecular formula is C10H19N3O2S. The van der Waals surface area contributed by atoms with Gasteiger partial charge in [0.25, 0.3) is 0 Å². The lowest BCUT2D eigenvalue weighted by Gasteiger charge is -2.39. The zero-order valence-corrected chi connectivity index (χ0v) is 10.6. The van der Waals surface area contributed by atoms with Gasteiger partial charge in [0, 0.05) is 6.04 Å². The van der Waals surface area contributed by atoms with E-state index in [1.165, 1.54) is 0 Å². The number of nitrogens with zero attached hydrogens (tertiary/aromatic N) is 2. The summed E-state index contributed by atoms with van der Waals surface area (Å²) in [5.41, 5.74) is 5.53. The van der Waals surface area contributed by atoms with Gasteiger partial charge in [-0.15, -0.1) is 0 Å². The van der Waals surface area contributed by atoms with Crippen LogP contribution in [0.2, 0.25) is 0 Å². The molecule has 0 aromatic heterocycles. The summed E-state index contributed by atoms with van der Waals surface area (Å²) < 4.78 is 23.3. The summed E-state index contributed by atoms with van der Waals surface area (Å²) in [5.74, 6) is 0.975. The quantitative estimate of drug-likeness (QED) is 0.741. The molecule has 1 spiro atoms. The van der Waals surface area contributed by atoms with Crippen LogP contribution in [0.3, 0.4) is 0 Å². The van der Waals surface area contributed by atoms with E-state index in [1.54, 1.807) is 0 Å². The summed E-state index contributed by atoms with van der Waals surface area (Å²) in [6, 6.07) is 0.250. The molecule has 2 rings (SSSR count). The zero-order valence-electron chi connectivity index (χ0n) is 9.81. The van der Waals surface area contributed by atoms with Gasteiger partial charge in [-0.3, -0.25) is 4.99 Å². The minimum atomic E-state index is -2.91. The minimum Gasteiger partial charge on any atom is -0.370 e. The van der Waals surface area contributed by atoms with Gasteiger partial charge in [-0.25, -0.2) is 8.42 Å². The third kappa shape index (κ3) is 1.69. The summed E-state index contributed by atoms with van der Waals surface area (Å²) in [6.07, 6.45) is 1.60. The number of hydrogen-bond donors (Lipinski definition) is 1. The van der Waals surface area contributed by atoms with E-state index in [0.29, 0.717) is 18.9 Å². The third-order valence-electron chi connectivity index (χ3n) is 3.69. The molecule has 0 bridgehead atoms. The van der Waals surface area contributed by atoms with Crippen LogP contribution in [0.15, 0.2) is 4.99 Å². The first-order chi connectivity index (χ1) is 7.40. The highest BCUT2D eigenvalue weighted by Crippen LogP contribution is 2.35. The summed E-state index contributed by atoms with van der Waals surface area (Å²) in [6.45, 7) is 4.68. The van der Waals surface area contributed by atoms with Crippen molar-refractivity contribution < 1.29 is 8.42 Å². The summed E-state index contributed by atoms with van der Waals surface area (Å²) in [5, 5.41) is 0. The minimum absolute atomic E-state index is 0.203. The van der Waals surface area contributed by atoms with Crippen molar-refractivity contribution in [2.45, 2.75) is 38.3 Å². The Balaban J connectivity index is 2.30. The molecule has 2 unspecified atom stereocenters. The second-order valence-electron chi connectivity index (χ2n) is 4.87. The van der Waals surface area contributed by atoms with E-state index < -0.39 is 9.84 Å². The lowest BCUT2D eigenvalue weighted by molar-refractivity contribution is 0.177. The maximum atomic E-state index is 11.6. The SMILES string of the molecule is CCC(C)N1C(N)=NCC12CCS(=O)(=O)C2. The smallest absolute Gasteiger partial charge is 0.192 e.